The van der Waals surface area contributed by atoms with E-state index in [1.807, 2.05) is 11.8 Å². The molecule has 2 atom stereocenters. The van der Waals surface area contributed by atoms with Crippen molar-refractivity contribution in [3.8, 4) is 0 Å². The van der Waals surface area contributed by atoms with Crippen molar-refractivity contribution in [2.75, 3.05) is 13.1 Å². The van der Waals surface area contributed by atoms with Gasteiger partial charge in [-0.2, -0.15) is 0 Å². The Morgan fingerprint density at radius 2 is 2.40 bits per heavy atom. The minimum atomic E-state index is 0.804. The number of allylic oxidation sites excluding steroid dienone is 1. The molecule has 0 aromatic rings. The zero-order chi connectivity index (χ0) is 10.8. The van der Waals surface area contributed by atoms with E-state index >= 15 is 0 Å². The summed E-state index contributed by atoms with van der Waals surface area (Å²) >= 11 is 5.29. The standard InChI is InChI=1S/C12H18BrNS/c1-3-10-11-7-14-6-9(11)4-5-12(10)15-8(2)13/h9,11,14H,2-7H2,1H3. The number of nitrogens with one attached hydrogen (secondary N) is 1. The Kier molecular flexibility index (Phi) is 3.97. The Labute approximate surface area is 105 Å². The summed E-state index contributed by atoms with van der Waals surface area (Å²) in [4.78, 5) is 1.57. The quantitative estimate of drug-likeness (QED) is 0.846. The number of hydrogen-bond acceptors (Lipinski definition) is 2. The van der Waals surface area contributed by atoms with Crippen molar-refractivity contribution in [2.45, 2.75) is 26.2 Å². The maximum Gasteiger partial charge on any atom is 0.0476 e. The second-order valence-electron chi connectivity index (χ2n) is 4.32. The highest BCUT2D eigenvalue weighted by molar-refractivity contribution is 9.14. The number of halogens is 1. The van der Waals surface area contributed by atoms with E-state index < -0.39 is 0 Å². The monoisotopic (exact) mass is 287 g/mol. The highest BCUT2D eigenvalue weighted by Gasteiger charge is 2.34. The third-order valence-corrected chi connectivity index (χ3v) is 4.92. The summed E-state index contributed by atoms with van der Waals surface area (Å²) in [6.45, 7) is 8.63. The second kappa shape index (κ2) is 5.07. The molecule has 1 fully saturated rings. The Morgan fingerprint density at radius 1 is 1.60 bits per heavy atom. The van der Waals surface area contributed by atoms with Gasteiger partial charge in [0, 0.05) is 10.4 Å². The van der Waals surface area contributed by atoms with E-state index in [1.165, 1.54) is 32.4 Å². The number of thioether (sulfide) groups is 1. The summed E-state index contributed by atoms with van der Waals surface area (Å²) in [7, 11) is 0. The van der Waals surface area contributed by atoms with Gasteiger partial charge in [-0.1, -0.05) is 30.8 Å². The van der Waals surface area contributed by atoms with Gasteiger partial charge in [0.15, 0.2) is 0 Å². The fourth-order valence-corrected chi connectivity index (χ4v) is 4.34. The summed E-state index contributed by atoms with van der Waals surface area (Å²) in [5, 5.41) is 3.52. The van der Waals surface area contributed by atoms with E-state index in [4.69, 9.17) is 0 Å². The Balaban J connectivity index is 2.20. The normalized spacial score (nSPS) is 30.5. The first-order valence-corrected chi connectivity index (χ1v) is 7.28. The average Bonchev–Trinajstić information content (AvgIpc) is 2.64. The molecule has 0 bridgehead atoms. The minimum absolute atomic E-state index is 0.804. The van der Waals surface area contributed by atoms with Gasteiger partial charge in [-0.25, -0.2) is 0 Å². The molecule has 2 rings (SSSR count). The first-order valence-electron chi connectivity index (χ1n) is 5.67. The average molecular weight is 288 g/mol. The zero-order valence-electron chi connectivity index (χ0n) is 9.18. The number of rotatable bonds is 3. The smallest absolute Gasteiger partial charge is 0.0476 e. The van der Waals surface area contributed by atoms with Gasteiger partial charge in [-0.15, -0.1) is 0 Å². The molecule has 1 saturated heterocycles. The van der Waals surface area contributed by atoms with Crippen LogP contribution in [0.25, 0.3) is 0 Å². The summed E-state index contributed by atoms with van der Waals surface area (Å²) in [5.74, 6) is 1.70. The van der Waals surface area contributed by atoms with Crippen LogP contribution in [0.15, 0.2) is 20.9 Å². The molecule has 0 amide bonds. The maximum atomic E-state index is 3.93. The van der Waals surface area contributed by atoms with E-state index in [0.29, 0.717) is 0 Å². The van der Waals surface area contributed by atoms with Crippen molar-refractivity contribution in [1.82, 2.24) is 5.32 Å². The molecule has 2 aliphatic rings. The molecule has 1 aliphatic heterocycles. The van der Waals surface area contributed by atoms with E-state index in [-0.39, 0.29) is 0 Å². The Bertz CT molecular complexity index is 298. The first-order chi connectivity index (χ1) is 7.22. The van der Waals surface area contributed by atoms with Crippen LogP contribution >= 0.6 is 27.7 Å². The summed E-state index contributed by atoms with van der Waals surface area (Å²) < 4.78 is 1.05. The molecule has 1 N–H and O–H groups in total. The van der Waals surface area contributed by atoms with Gasteiger partial charge >= 0.3 is 0 Å². The lowest BCUT2D eigenvalue weighted by molar-refractivity contribution is 0.411. The van der Waals surface area contributed by atoms with Gasteiger partial charge in [0.2, 0.25) is 0 Å². The van der Waals surface area contributed by atoms with Crippen LogP contribution in [0.5, 0.6) is 0 Å². The molecular weight excluding hydrogens is 270 g/mol. The van der Waals surface area contributed by atoms with E-state index in [0.717, 1.165) is 15.7 Å². The van der Waals surface area contributed by atoms with Crippen molar-refractivity contribution in [2.24, 2.45) is 11.8 Å². The van der Waals surface area contributed by atoms with Crippen LogP contribution in [0, 0.1) is 11.8 Å². The fraction of sp³-hybridized carbons (Fsp3) is 0.667. The molecule has 0 saturated carbocycles. The molecule has 1 nitrogen and oxygen atoms in total. The van der Waals surface area contributed by atoms with Crippen LogP contribution in [0.2, 0.25) is 0 Å². The van der Waals surface area contributed by atoms with Gasteiger partial charge < -0.3 is 5.32 Å². The van der Waals surface area contributed by atoms with Crippen molar-refractivity contribution in [3.05, 3.63) is 20.9 Å². The van der Waals surface area contributed by atoms with Crippen molar-refractivity contribution < 1.29 is 0 Å². The van der Waals surface area contributed by atoms with Gasteiger partial charge in [-0.05, 0) is 58.5 Å². The maximum absolute atomic E-state index is 3.93. The predicted molar refractivity (Wildman–Crippen MR) is 72.1 cm³/mol. The van der Waals surface area contributed by atoms with Gasteiger partial charge in [0.05, 0.1) is 0 Å². The molecule has 1 heterocycles. The number of fused-ring (bicyclic) bond motifs is 1. The highest BCUT2D eigenvalue weighted by atomic mass is 79.9. The predicted octanol–water partition coefficient (Wildman–Crippen LogP) is 3.88. The van der Waals surface area contributed by atoms with Crippen molar-refractivity contribution in [1.29, 1.82) is 0 Å². The summed E-state index contributed by atoms with van der Waals surface area (Å²) in [6.07, 6.45) is 3.80. The topological polar surface area (TPSA) is 12.0 Å². The van der Waals surface area contributed by atoms with E-state index in [1.54, 1.807) is 10.5 Å². The second-order valence-corrected chi connectivity index (χ2v) is 6.99. The molecule has 84 valence electrons. The third-order valence-electron chi connectivity index (χ3n) is 3.50. The van der Waals surface area contributed by atoms with Crippen LogP contribution in [0.3, 0.4) is 0 Å². The van der Waals surface area contributed by atoms with E-state index in [9.17, 15) is 0 Å². The first kappa shape index (κ1) is 11.7. The lowest BCUT2D eigenvalue weighted by atomic mass is 9.79. The molecular formula is C12H18BrNS. The van der Waals surface area contributed by atoms with Gasteiger partial charge in [-0.3, -0.25) is 0 Å². The van der Waals surface area contributed by atoms with Crippen LogP contribution in [0.1, 0.15) is 26.2 Å². The molecule has 1 aliphatic carbocycles. The Morgan fingerprint density at radius 3 is 3.07 bits per heavy atom. The zero-order valence-corrected chi connectivity index (χ0v) is 11.6. The van der Waals surface area contributed by atoms with Crippen LogP contribution < -0.4 is 5.32 Å². The lowest BCUT2D eigenvalue weighted by Crippen LogP contribution is -2.20. The van der Waals surface area contributed by atoms with Gasteiger partial charge in [0.25, 0.3) is 0 Å². The minimum Gasteiger partial charge on any atom is -0.316 e. The highest BCUT2D eigenvalue weighted by Crippen LogP contribution is 2.45. The molecule has 2 unspecified atom stereocenters. The Hall–Kier alpha value is 0.270. The third kappa shape index (κ3) is 2.51. The molecule has 15 heavy (non-hydrogen) atoms. The van der Waals surface area contributed by atoms with Crippen LogP contribution in [-0.4, -0.2) is 13.1 Å². The van der Waals surface area contributed by atoms with Crippen LogP contribution in [-0.2, 0) is 0 Å². The van der Waals surface area contributed by atoms with Gasteiger partial charge in [0.1, 0.15) is 0 Å². The van der Waals surface area contributed by atoms with Crippen molar-refractivity contribution in [3.63, 3.8) is 0 Å². The molecule has 0 spiro atoms. The largest absolute Gasteiger partial charge is 0.316 e. The molecule has 0 aromatic heterocycles. The fourth-order valence-electron chi connectivity index (χ4n) is 2.84. The number of hydrogen-bond donors (Lipinski definition) is 1. The summed E-state index contributed by atoms with van der Waals surface area (Å²) in [6, 6.07) is 0. The van der Waals surface area contributed by atoms with E-state index in [2.05, 4.69) is 34.7 Å². The molecule has 3 heteroatoms. The SMILES string of the molecule is C=C(Br)SC1=C(CC)C2CNCC2CC1. The molecule has 0 aromatic carbocycles. The summed E-state index contributed by atoms with van der Waals surface area (Å²) in [5.41, 5.74) is 1.68. The molecule has 0 radical (unpaired) electrons. The van der Waals surface area contributed by atoms with Crippen molar-refractivity contribution >= 4 is 27.7 Å². The van der Waals surface area contributed by atoms with Crippen LogP contribution in [0.4, 0.5) is 0 Å². The lowest BCUT2D eigenvalue weighted by Gasteiger charge is -2.29.